The van der Waals surface area contributed by atoms with Crippen molar-refractivity contribution >= 4 is 5.97 Å². The van der Waals surface area contributed by atoms with E-state index in [0.717, 1.165) is 12.8 Å². The molecule has 0 heterocycles. The Morgan fingerprint density at radius 1 is 1.67 bits per heavy atom. The van der Waals surface area contributed by atoms with Crippen LogP contribution >= 0.6 is 0 Å². The molecule has 1 saturated carbocycles. The lowest BCUT2D eigenvalue weighted by Gasteiger charge is -2.28. The van der Waals surface area contributed by atoms with Crippen LogP contribution in [0.2, 0.25) is 0 Å². The van der Waals surface area contributed by atoms with Crippen LogP contribution in [0.5, 0.6) is 0 Å². The predicted molar refractivity (Wildman–Crippen MR) is 57.6 cm³/mol. The molecule has 2 atom stereocenters. The van der Waals surface area contributed by atoms with E-state index in [-0.39, 0.29) is 11.7 Å². The van der Waals surface area contributed by atoms with Gasteiger partial charge in [-0.1, -0.05) is 6.92 Å². The first-order chi connectivity index (χ1) is 6.79. The summed E-state index contributed by atoms with van der Waals surface area (Å²) in [4.78, 5) is 10.9. The SMILES string of the molecule is CCC(C)(C)OC1CCC(N)(C(=O)O)C1. The van der Waals surface area contributed by atoms with Gasteiger partial charge in [0.1, 0.15) is 5.54 Å². The highest BCUT2D eigenvalue weighted by molar-refractivity contribution is 5.78. The highest BCUT2D eigenvalue weighted by Crippen LogP contribution is 2.33. The molecule has 4 nitrogen and oxygen atoms in total. The topological polar surface area (TPSA) is 72.5 Å². The van der Waals surface area contributed by atoms with Gasteiger partial charge in [-0.15, -0.1) is 0 Å². The van der Waals surface area contributed by atoms with Crippen LogP contribution in [-0.4, -0.2) is 28.3 Å². The van der Waals surface area contributed by atoms with Crippen molar-refractivity contribution in [1.82, 2.24) is 0 Å². The largest absolute Gasteiger partial charge is 0.480 e. The molecule has 3 N–H and O–H groups in total. The monoisotopic (exact) mass is 215 g/mol. The summed E-state index contributed by atoms with van der Waals surface area (Å²) in [5.74, 6) is -0.914. The van der Waals surface area contributed by atoms with Crippen molar-refractivity contribution in [3.63, 3.8) is 0 Å². The number of hydrogen-bond acceptors (Lipinski definition) is 3. The number of carbonyl (C=O) groups is 1. The molecule has 0 bridgehead atoms. The number of nitrogens with two attached hydrogens (primary N) is 1. The minimum Gasteiger partial charge on any atom is -0.480 e. The van der Waals surface area contributed by atoms with Gasteiger partial charge in [-0.05, 0) is 33.1 Å². The van der Waals surface area contributed by atoms with Crippen LogP contribution in [-0.2, 0) is 9.53 Å². The van der Waals surface area contributed by atoms with Gasteiger partial charge in [0.15, 0.2) is 0 Å². The molecule has 0 saturated heterocycles. The molecule has 0 radical (unpaired) electrons. The van der Waals surface area contributed by atoms with Gasteiger partial charge in [-0.25, -0.2) is 0 Å². The zero-order valence-electron chi connectivity index (χ0n) is 9.75. The van der Waals surface area contributed by atoms with E-state index in [2.05, 4.69) is 6.92 Å². The summed E-state index contributed by atoms with van der Waals surface area (Å²) in [5, 5.41) is 8.97. The summed E-state index contributed by atoms with van der Waals surface area (Å²) in [5.41, 5.74) is 4.51. The Bertz CT molecular complexity index is 252. The summed E-state index contributed by atoms with van der Waals surface area (Å²) >= 11 is 0. The van der Waals surface area contributed by atoms with Crippen LogP contribution in [0.25, 0.3) is 0 Å². The van der Waals surface area contributed by atoms with Crippen molar-refractivity contribution in [2.45, 2.75) is 63.7 Å². The maximum Gasteiger partial charge on any atom is 0.323 e. The molecule has 0 spiro atoms. The van der Waals surface area contributed by atoms with Gasteiger partial charge in [0.25, 0.3) is 0 Å². The minimum absolute atomic E-state index is 0.0129. The second kappa shape index (κ2) is 4.10. The maximum atomic E-state index is 10.9. The van der Waals surface area contributed by atoms with Gasteiger partial charge in [0.2, 0.25) is 0 Å². The smallest absolute Gasteiger partial charge is 0.323 e. The molecule has 1 rings (SSSR count). The van der Waals surface area contributed by atoms with E-state index in [0.29, 0.717) is 12.8 Å². The number of rotatable bonds is 4. The van der Waals surface area contributed by atoms with Crippen LogP contribution in [0.1, 0.15) is 46.5 Å². The Hall–Kier alpha value is -0.610. The number of ether oxygens (including phenoxy) is 1. The van der Waals surface area contributed by atoms with Crippen LogP contribution < -0.4 is 5.73 Å². The Morgan fingerprint density at radius 3 is 2.67 bits per heavy atom. The summed E-state index contributed by atoms with van der Waals surface area (Å²) in [6.45, 7) is 6.09. The zero-order valence-corrected chi connectivity index (χ0v) is 9.75. The number of carboxylic acid groups (broad SMARTS) is 1. The third-order valence-electron chi connectivity index (χ3n) is 3.27. The van der Waals surface area contributed by atoms with Gasteiger partial charge in [0, 0.05) is 6.42 Å². The lowest BCUT2D eigenvalue weighted by Crippen LogP contribution is -2.46. The van der Waals surface area contributed by atoms with Crippen molar-refractivity contribution in [2.75, 3.05) is 0 Å². The fraction of sp³-hybridized carbons (Fsp3) is 0.909. The molecule has 0 amide bonds. The molecule has 4 heteroatoms. The molecule has 0 aromatic rings. The summed E-state index contributed by atoms with van der Waals surface area (Å²) < 4.78 is 5.85. The minimum atomic E-state index is -1.07. The lowest BCUT2D eigenvalue weighted by atomic mass is 9.99. The van der Waals surface area contributed by atoms with Crippen molar-refractivity contribution in [3.8, 4) is 0 Å². The molecule has 1 fully saturated rings. The average Bonchev–Trinajstić information content (AvgIpc) is 2.48. The van der Waals surface area contributed by atoms with E-state index >= 15 is 0 Å². The first kappa shape index (κ1) is 12.5. The van der Waals surface area contributed by atoms with Crippen LogP contribution in [0, 0.1) is 0 Å². The van der Waals surface area contributed by atoms with Crippen molar-refractivity contribution in [2.24, 2.45) is 5.73 Å². The molecule has 0 aromatic carbocycles. The number of hydrogen-bond donors (Lipinski definition) is 2. The van der Waals surface area contributed by atoms with Crippen molar-refractivity contribution in [1.29, 1.82) is 0 Å². The molecule has 0 aliphatic heterocycles. The van der Waals surface area contributed by atoms with Gasteiger partial charge in [-0.3, -0.25) is 4.79 Å². The van der Waals surface area contributed by atoms with E-state index in [1.165, 1.54) is 0 Å². The van der Waals surface area contributed by atoms with Gasteiger partial charge < -0.3 is 15.6 Å². The Morgan fingerprint density at radius 2 is 2.27 bits per heavy atom. The van der Waals surface area contributed by atoms with Crippen LogP contribution in [0.15, 0.2) is 0 Å². The first-order valence-electron chi connectivity index (χ1n) is 5.49. The Labute approximate surface area is 90.8 Å². The highest BCUT2D eigenvalue weighted by Gasteiger charge is 2.43. The Balaban J connectivity index is 2.54. The third kappa shape index (κ3) is 2.92. The van der Waals surface area contributed by atoms with E-state index in [1.807, 2.05) is 13.8 Å². The van der Waals surface area contributed by atoms with Gasteiger partial charge >= 0.3 is 5.97 Å². The highest BCUT2D eigenvalue weighted by atomic mass is 16.5. The summed E-state index contributed by atoms with van der Waals surface area (Å²) in [7, 11) is 0. The standard InChI is InChI=1S/C11H21NO3/c1-4-10(2,3)15-8-5-6-11(12,7-8)9(13)14/h8H,4-7,12H2,1-3H3,(H,13,14). The third-order valence-corrected chi connectivity index (χ3v) is 3.27. The first-order valence-corrected chi connectivity index (χ1v) is 5.49. The van der Waals surface area contributed by atoms with Crippen molar-refractivity contribution < 1.29 is 14.6 Å². The number of aliphatic carboxylic acids is 1. The molecule has 1 aliphatic carbocycles. The quantitative estimate of drug-likeness (QED) is 0.746. The Kier molecular flexibility index (Phi) is 3.41. The second-order valence-corrected chi connectivity index (χ2v) is 5.06. The normalized spacial score (nSPS) is 31.9. The molecule has 2 unspecified atom stereocenters. The summed E-state index contributed by atoms with van der Waals surface area (Å²) in [6.07, 6.45) is 2.57. The van der Waals surface area contributed by atoms with Crippen LogP contribution in [0.3, 0.4) is 0 Å². The maximum absolute atomic E-state index is 10.9. The molecular formula is C11H21NO3. The molecule has 0 aromatic heterocycles. The molecule has 15 heavy (non-hydrogen) atoms. The summed E-state index contributed by atoms with van der Waals surface area (Å²) in [6, 6.07) is 0. The lowest BCUT2D eigenvalue weighted by molar-refractivity contribution is -0.144. The molecule has 1 aliphatic rings. The molecular weight excluding hydrogens is 194 g/mol. The van der Waals surface area contributed by atoms with E-state index in [1.54, 1.807) is 0 Å². The van der Waals surface area contributed by atoms with Crippen molar-refractivity contribution in [3.05, 3.63) is 0 Å². The number of carboxylic acids is 1. The van der Waals surface area contributed by atoms with Gasteiger partial charge in [0.05, 0.1) is 11.7 Å². The fourth-order valence-corrected chi connectivity index (χ4v) is 1.86. The van der Waals surface area contributed by atoms with E-state index < -0.39 is 11.5 Å². The predicted octanol–water partition coefficient (Wildman–Crippen LogP) is 1.53. The van der Waals surface area contributed by atoms with Crippen LogP contribution in [0.4, 0.5) is 0 Å². The fourth-order valence-electron chi connectivity index (χ4n) is 1.86. The van der Waals surface area contributed by atoms with Gasteiger partial charge in [-0.2, -0.15) is 0 Å². The zero-order chi connectivity index (χ0) is 11.7. The average molecular weight is 215 g/mol. The van der Waals surface area contributed by atoms with E-state index in [4.69, 9.17) is 15.6 Å². The second-order valence-electron chi connectivity index (χ2n) is 5.06. The van der Waals surface area contributed by atoms with E-state index in [9.17, 15) is 4.79 Å². The molecule has 88 valence electrons.